The van der Waals surface area contributed by atoms with Crippen LogP contribution in [0.25, 0.3) is 10.9 Å². The van der Waals surface area contributed by atoms with Gasteiger partial charge in [0.1, 0.15) is 5.60 Å². The number of hydrogen-bond acceptors (Lipinski definition) is 6. The van der Waals surface area contributed by atoms with Crippen molar-refractivity contribution in [1.29, 1.82) is 0 Å². The zero-order chi connectivity index (χ0) is 19.4. The van der Waals surface area contributed by atoms with Gasteiger partial charge in [-0.05, 0) is 39.0 Å². The van der Waals surface area contributed by atoms with Crippen LogP contribution in [0.5, 0.6) is 0 Å². The van der Waals surface area contributed by atoms with E-state index in [1.54, 1.807) is 4.90 Å². The van der Waals surface area contributed by atoms with Gasteiger partial charge in [0.05, 0.1) is 5.52 Å². The Morgan fingerprint density at radius 3 is 2.70 bits per heavy atom. The van der Waals surface area contributed by atoms with Gasteiger partial charge in [-0.2, -0.15) is 0 Å². The van der Waals surface area contributed by atoms with E-state index in [-0.39, 0.29) is 6.09 Å². The number of nitrogens with one attached hydrogen (secondary N) is 1. The first kappa shape index (κ1) is 19.8. The minimum atomic E-state index is -0.450. The number of halogens is 1. The molecule has 0 spiro atoms. The second-order valence-corrected chi connectivity index (χ2v) is 8.55. The molecule has 0 radical (unpaired) electrons. The molecular formula is C19H26BrN5O2. The van der Waals surface area contributed by atoms with Gasteiger partial charge >= 0.3 is 6.09 Å². The van der Waals surface area contributed by atoms with Gasteiger partial charge in [-0.25, -0.2) is 14.8 Å². The number of benzene rings is 1. The summed E-state index contributed by atoms with van der Waals surface area (Å²) in [6.07, 6.45) is 1.60. The highest BCUT2D eigenvalue weighted by Crippen LogP contribution is 2.18. The number of carbonyl (C=O) groups excluding carboxylic acids is 1. The molecule has 0 aliphatic carbocycles. The number of hydrogen-bond donors (Lipinski definition) is 1. The van der Waals surface area contributed by atoms with Gasteiger partial charge in [-0.3, -0.25) is 4.90 Å². The molecule has 0 unspecified atom stereocenters. The van der Waals surface area contributed by atoms with E-state index < -0.39 is 5.60 Å². The standard InChI is InChI=1S/C19H26BrN5O2/c1-19(2,3)27-18(26)25-10-8-24(9-11-25)7-6-21-17-22-13-14-12-15(20)4-5-16(14)23-17/h4-5,12-13H,6-11H2,1-3H3,(H,21,22,23). The quantitative estimate of drug-likeness (QED) is 0.793. The van der Waals surface area contributed by atoms with Crippen LogP contribution in [0.4, 0.5) is 10.7 Å². The monoisotopic (exact) mass is 435 g/mol. The normalized spacial score (nSPS) is 15.8. The van der Waals surface area contributed by atoms with Crippen molar-refractivity contribution in [2.24, 2.45) is 0 Å². The summed E-state index contributed by atoms with van der Waals surface area (Å²) in [5.41, 5.74) is 0.468. The predicted octanol–water partition coefficient (Wildman–Crippen LogP) is 3.36. The lowest BCUT2D eigenvalue weighted by molar-refractivity contribution is 0.0148. The summed E-state index contributed by atoms with van der Waals surface area (Å²) in [6.45, 7) is 10.4. The molecule has 0 bridgehead atoms. The molecule has 7 nitrogen and oxygen atoms in total. The molecule has 1 fully saturated rings. The molecule has 3 rings (SSSR count). The van der Waals surface area contributed by atoms with E-state index >= 15 is 0 Å². The summed E-state index contributed by atoms with van der Waals surface area (Å²) in [5, 5.41) is 4.29. The third-order valence-electron chi connectivity index (χ3n) is 4.28. The zero-order valence-corrected chi connectivity index (χ0v) is 17.6. The maximum atomic E-state index is 12.1. The molecule has 1 aliphatic rings. The average Bonchev–Trinajstić information content (AvgIpc) is 2.61. The lowest BCUT2D eigenvalue weighted by Gasteiger charge is -2.35. The molecule has 1 amide bonds. The first-order chi connectivity index (χ1) is 12.8. The van der Waals surface area contributed by atoms with Crippen LogP contribution in [0.15, 0.2) is 28.9 Å². The van der Waals surface area contributed by atoms with Crippen LogP contribution in [0.3, 0.4) is 0 Å². The van der Waals surface area contributed by atoms with Crippen LogP contribution in [-0.2, 0) is 4.74 Å². The first-order valence-corrected chi connectivity index (χ1v) is 9.96. The van der Waals surface area contributed by atoms with Crippen molar-refractivity contribution in [3.63, 3.8) is 0 Å². The van der Waals surface area contributed by atoms with Crippen LogP contribution in [-0.4, -0.2) is 70.7 Å². The average molecular weight is 436 g/mol. The molecule has 1 saturated heterocycles. The zero-order valence-electron chi connectivity index (χ0n) is 16.0. The molecule has 2 heterocycles. The molecule has 0 atom stereocenters. The molecule has 1 aromatic carbocycles. The second-order valence-electron chi connectivity index (χ2n) is 7.63. The number of anilines is 1. The van der Waals surface area contributed by atoms with Crippen LogP contribution in [0.1, 0.15) is 20.8 Å². The van der Waals surface area contributed by atoms with Gasteiger partial charge in [0.25, 0.3) is 0 Å². The number of rotatable bonds is 4. The van der Waals surface area contributed by atoms with Crippen LogP contribution in [0.2, 0.25) is 0 Å². The fourth-order valence-electron chi connectivity index (χ4n) is 2.90. The SMILES string of the molecule is CC(C)(C)OC(=O)N1CCN(CCNc2ncc3cc(Br)ccc3n2)CC1. The van der Waals surface area contributed by atoms with Gasteiger partial charge in [0.15, 0.2) is 0 Å². The smallest absolute Gasteiger partial charge is 0.410 e. The van der Waals surface area contributed by atoms with Crippen molar-refractivity contribution >= 4 is 38.9 Å². The number of nitrogens with zero attached hydrogens (tertiary/aromatic N) is 4. The van der Waals surface area contributed by atoms with E-state index in [9.17, 15) is 4.79 Å². The lowest BCUT2D eigenvalue weighted by Crippen LogP contribution is -2.50. The number of aromatic nitrogens is 2. The molecule has 2 aromatic rings. The van der Waals surface area contributed by atoms with Gasteiger partial charge in [0, 0.05) is 55.3 Å². The molecule has 1 N–H and O–H groups in total. The van der Waals surface area contributed by atoms with Crippen LogP contribution in [0, 0.1) is 0 Å². The summed E-state index contributed by atoms with van der Waals surface area (Å²) in [7, 11) is 0. The van der Waals surface area contributed by atoms with E-state index in [0.29, 0.717) is 19.0 Å². The minimum Gasteiger partial charge on any atom is -0.444 e. The van der Waals surface area contributed by atoms with E-state index in [1.165, 1.54) is 0 Å². The van der Waals surface area contributed by atoms with E-state index in [2.05, 4.69) is 36.1 Å². The summed E-state index contributed by atoms with van der Waals surface area (Å²) < 4.78 is 6.45. The van der Waals surface area contributed by atoms with Crippen molar-refractivity contribution in [1.82, 2.24) is 19.8 Å². The van der Waals surface area contributed by atoms with Gasteiger partial charge in [0.2, 0.25) is 5.95 Å². The summed E-state index contributed by atoms with van der Waals surface area (Å²) in [4.78, 5) is 25.1. The van der Waals surface area contributed by atoms with Crippen LogP contribution >= 0.6 is 15.9 Å². The minimum absolute atomic E-state index is 0.225. The van der Waals surface area contributed by atoms with Crippen LogP contribution < -0.4 is 5.32 Å². The van der Waals surface area contributed by atoms with Crippen molar-refractivity contribution < 1.29 is 9.53 Å². The Morgan fingerprint density at radius 2 is 2.00 bits per heavy atom. The Hall–Kier alpha value is -1.93. The van der Waals surface area contributed by atoms with Crippen molar-refractivity contribution in [3.8, 4) is 0 Å². The van der Waals surface area contributed by atoms with Gasteiger partial charge in [-0.15, -0.1) is 0 Å². The topological polar surface area (TPSA) is 70.6 Å². The van der Waals surface area contributed by atoms with Crippen molar-refractivity contribution in [2.45, 2.75) is 26.4 Å². The second kappa shape index (κ2) is 8.39. The Kier molecular flexibility index (Phi) is 6.16. The fourth-order valence-corrected chi connectivity index (χ4v) is 3.27. The Bertz CT molecular complexity index is 800. The largest absolute Gasteiger partial charge is 0.444 e. The number of amides is 1. The first-order valence-electron chi connectivity index (χ1n) is 9.17. The molecule has 8 heteroatoms. The Morgan fingerprint density at radius 1 is 1.26 bits per heavy atom. The highest BCUT2D eigenvalue weighted by atomic mass is 79.9. The Balaban J connectivity index is 1.43. The summed E-state index contributed by atoms with van der Waals surface area (Å²) >= 11 is 3.46. The number of piperazine rings is 1. The van der Waals surface area contributed by atoms with Crippen molar-refractivity contribution in [2.75, 3.05) is 44.6 Å². The molecule has 1 aliphatic heterocycles. The lowest BCUT2D eigenvalue weighted by atomic mass is 10.2. The number of fused-ring (bicyclic) bond motifs is 1. The van der Waals surface area contributed by atoms with Gasteiger partial charge in [-0.1, -0.05) is 15.9 Å². The molecule has 27 heavy (non-hydrogen) atoms. The van der Waals surface area contributed by atoms with E-state index in [4.69, 9.17) is 4.74 Å². The third-order valence-corrected chi connectivity index (χ3v) is 4.77. The Labute approximate surface area is 168 Å². The summed E-state index contributed by atoms with van der Waals surface area (Å²) in [5.74, 6) is 0.636. The van der Waals surface area contributed by atoms with Crippen molar-refractivity contribution in [3.05, 3.63) is 28.9 Å². The van der Waals surface area contributed by atoms with E-state index in [1.807, 2.05) is 45.2 Å². The number of ether oxygens (including phenoxy) is 1. The number of carbonyl (C=O) groups is 1. The fraction of sp³-hybridized carbons (Fsp3) is 0.526. The molecule has 146 valence electrons. The maximum absolute atomic E-state index is 12.1. The third kappa shape index (κ3) is 5.77. The predicted molar refractivity (Wildman–Crippen MR) is 110 cm³/mol. The maximum Gasteiger partial charge on any atom is 0.410 e. The highest BCUT2D eigenvalue weighted by molar-refractivity contribution is 9.10. The summed E-state index contributed by atoms with van der Waals surface area (Å²) in [6, 6.07) is 5.95. The highest BCUT2D eigenvalue weighted by Gasteiger charge is 2.25. The van der Waals surface area contributed by atoms with Gasteiger partial charge < -0.3 is 15.0 Å². The molecule has 0 saturated carbocycles. The molecule has 1 aromatic heterocycles. The van der Waals surface area contributed by atoms with E-state index in [0.717, 1.165) is 41.6 Å². The molecular weight excluding hydrogens is 410 g/mol.